The maximum absolute atomic E-state index is 13.3. The quantitative estimate of drug-likeness (QED) is 0.572. The highest BCUT2D eigenvalue weighted by Crippen LogP contribution is 2.37. The number of fused-ring (bicyclic) bond motifs is 1. The number of aromatic nitrogens is 1. The van der Waals surface area contributed by atoms with E-state index in [0.717, 1.165) is 17.7 Å². The van der Waals surface area contributed by atoms with Crippen LogP contribution in [-0.4, -0.2) is 33.2 Å². The first-order valence-electron chi connectivity index (χ1n) is 9.03. The summed E-state index contributed by atoms with van der Waals surface area (Å²) in [5, 5.41) is 4.84. The van der Waals surface area contributed by atoms with Gasteiger partial charge in [0.1, 0.15) is 13.2 Å². The van der Waals surface area contributed by atoms with Gasteiger partial charge in [0.2, 0.25) is 26.6 Å². The van der Waals surface area contributed by atoms with Gasteiger partial charge in [-0.05, 0) is 30.0 Å². The number of hydrogen-bond acceptors (Lipinski definition) is 8. The van der Waals surface area contributed by atoms with Crippen molar-refractivity contribution in [1.29, 1.82) is 0 Å². The van der Waals surface area contributed by atoms with Crippen LogP contribution in [0, 0.1) is 0 Å². The van der Waals surface area contributed by atoms with E-state index in [2.05, 4.69) is 17.2 Å². The summed E-state index contributed by atoms with van der Waals surface area (Å²) in [4.78, 5) is 5.16. The molecule has 148 valence electrons. The summed E-state index contributed by atoms with van der Waals surface area (Å²) >= 11 is 1.44. The van der Waals surface area contributed by atoms with Gasteiger partial charge in [-0.3, -0.25) is 0 Å². The van der Waals surface area contributed by atoms with Gasteiger partial charge in [0, 0.05) is 12.6 Å². The molecule has 0 radical (unpaired) electrons. The molecule has 1 aliphatic rings. The number of hydrogen-bond donors (Lipinski definition) is 1. The Morgan fingerprint density at radius 3 is 2.75 bits per heavy atom. The first-order chi connectivity index (χ1) is 13.6. The largest absolute Gasteiger partial charge is 0.486 e. The average molecular weight is 421 g/mol. The SMILES string of the molecule is CCCCNc1oc(-c2cccs2)nc1S(=O)(=O)c1ccc2c(c1)OCCO2. The van der Waals surface area contributed by atoms with E-state index in [1.165, 1.54) is 23.5 Å². The zero-order valence-corrected chi connectivity index (χ0v) is 16.9. The van der Waals surface area contributed by atoms with Crippen molar-refractivity contribution in [3.8, 4) is 22.3 Å². The van der Waals surface area contributed by atoms with Crippen molar-refractivity contribution in [2.24, 2.45) is 0 Å². The van der Waals surface area contributed by atoms with E-state index >= 15 is 0 Å². The van der Waals surface area contributed by atoms with E-state index in [1.54, 1.807) is 6.07 Å². The standard InChI is InChI=1S/C19H20N2O5S2/c1-2-3-8-20-18-19(21-17(26-18)16-5-4-11-27-16)28(22,23)13-6-7-14-15(12-13)25-10-9-24-14/h4-7,11-12,20H,2-3,8-10H2,1H3. The van der Waals surface area contributed by atoms with Crippen LogP contribution in [0.1, 0.15) is 19.8 Å². The van der Waals surface area contributed by atoms with Crippen LogP contribution in [0.25, 0.3) is 10.8 Å². The second kappa shape index (κ2) is 7.84. The minimum atomic E-state index is -3.91. The van der Waals surface area contributed by atoms with Crippen molar-refractivity contribution in [2.45, 2.75) is 29.7 Å². The molecule has 1 aliphatic heterocycles. The number of thiophene rings is 1. The minimum Gasteiger partial charge on any atom is -0.486 e. The van der Waals surface area contributed by atoms with Gasteiger partial charge in [0.25, 0.3) is 0 Å². The van der Waals surface area contributed by atoms with Crippen LogP contribution in [0.4, 0.5) is 5.88 Å². The molecule has 0 saturated carbocycles. The fourth-order valence-corrected chi connectivity index (χ4v) is 4.73. The number of ether oxygens (including phenoxy) is 2. The molecule has 3 aromatic rings. The summed E-state index contributed by atoms with van der Waals surface area (Å²) in [5.41, 5.74) is 0. The van der Waals surface area contributed by atoms with Crippen molar-refractivity contribution in [3.63, 3.8) is 0 Å². The number of nitrogens with one attached hydrogen (secondary N) is 1. The second-order valence-corrected chi connectivity index (χ2v) is 9.03. The maximum Gasteiger partial charge on any atom is 0.240 e. The fourth-order valence-electron chi connectivity index (χ4n) is 2.79. The van der Waals surface area contributed by atoms with E-state index in [0.29, 0.717) is 31.3 Å². The molecule has 3 heterocycles. The van der Waals surface area contributed by atoms with Crippen LogP contribution in [-0.2, 0) is 9.84 Å². The molecule has 1 N–H and O–H groups in total. The van der Waals surface area contributed by atoms with Gasteiger partial charge in [0.05, 0.1) is 9.77 Å². The third kappa shape index (κ3) is 3.59. The highest BCUT2D eigenvalue weighted by molar-refractivity contribution is 7.91. The highest BCUT2D eigenvalue weighted by atomic mass is 32.2. The molecule has 7 nitrogen and oxygen atoms in total. The Bertz CT molecular complexity index is 1060. The lowest BCUT2D eigenvalue weighted by molar-refractivity contribution is 0.171. The summed E-state index contributed by atoms with van der Waals surface area (Å²) in [6.45, 7) is 3.48. The predicted molar refractivity (Wildman–Crippen MR) is 106 cm³/mol. The number of oxazole rings is 1. The van der Waals surface area contributed by atoms with Gasteiger partial charge in [-0.1, -0.05) is 19.4 Å². The molecule has 0 saturated heterocycles. The Balaban J connectivity index is 1.75. The van der Waals surface area contributed by atoms with Gasteiger partial charge in [-0.2, -0.15) is 4.98 Å². The highest BCUT2D eigenvalue weighted by Gasteiger charge is 2.30. The summed E-state index contributed by atoms with van der Waals surface area (Å²) < 4.78 is 43.4. The number of anilines is 1. The topological polar surface area (TPSA) is 90.7 Å². The van der Waals surface area contributed by atoms with Crippen LogP contribution in [0.15, 0.2) is 50.1 Å². The van der Waals surface area contributed by atoms with E-state index in [4.69, 9.17) is 13.9 Å². The Morgan fingerprint density at radius 2 is 2.00 bits per heavy atom. The van der Waals surface area contributed by atoms with Crippen LogP contribution in [0.3, 0.4) is 0 Å². The Labute approximate surface area is 167 Å². The molecule has 0 bridgehead atoms. The molecule has 0 spiro atoms. The molecular formula is C19H20N2O5S2. The van der Waals surface area contributed by atoms with Gasteiger partial charge in [0.15, 0.2) is 11.5 Å². The summed E-state index contributed by atoms with van der Waals surface area (Å²) in [7, 11) is -3.91. The summed E-state index contributed by atoms with van der Waals surface area (Å²) in [5.74, 6) is 1.39. The molecular weight excluding hydrogens is 400 g/mol. The molecule has 0 aliphatic carbocycles. The second-order valence-electron chi connectivity index (χ2n) is 6.22. The van der Waals surface area contributed by atoms with E-state index in [9.17, 15) is 8.42 Å². The molecule has 28 heavy (non-hydrogen) atoms. The number of nitrogens with zero attached hydrogens (tertiary/aromatic N) is 1. The zero-order valence-electron chi connectivity index (χ0n) is 15.3. The van der Waals surface area contributed by atoms with Crippen LogP contribution >= 0.6 is 11.3 Å². The Morgan fingerprint density at radius 1 is 1.18 bits per heavy atom. The van der Waals surface area contributed by atoms with Gasteiger partial charge in [-0.15, -0.1) is 11.3 Å². The molecule has 1 aromatic carbocycles. The molecule has 4 rings (SSSR count). The molecule has 0 fully saturated rings. The molecule has 9 heteroatoms. The van der Waals surface area contributed by atoms with Crippen molar-refractivity contribution < 1.29 is 22.3 Å². The lowest BCUT2D eigenvalue weighted by atomic mass is 10.3. The van der Waals surface area contributed by atoms with Crippen LogP contribution in [0.5, 0.6) is 11.5 Å². The van der Waals surface area contributed by atoms with Gasteiger partial charge < -0.3 is 19.2 Å². The number of sulfone groups is 1. The van der Waals surface area contributed by atoms with Gasteiger partial charge in [-0.25, -0.2) is 8.42 Å². The summed E-state index contributed by atoms with van der Waals surface area (Å²) in [6.07, 6.45) is 1.86. The van der Waals surface area contributed by atoms with E-state index in [1.807, 2.05) is 17.5 Å². The number of unbranched alkanes of at least 4 members (excludes halogenated alkanes) is 1. The predicted octanol–water partition coefficient (Wildman–Crippen LogP) is 4.22. The molecule has 0 unspecified atom stereocenters. The van der Waals surface area contributed by atoms with Crippen LogP contribution in [0.2, 0.25) is 0 Å². The zero-order chi connectivity index (χ0) is 19.6. The van der Waals surface area contributed by atoms with Crippen molar-refractivity contribution in [2.75, 3.05) is 25.1 Å². The first-order valence-corrected chi connectivity index (χ1v) is 11.4. The first kappa shape index (κ1) is 18.8. The monoisotopic (exact) mass is 420 g/mol. The minimum absolute atomic E-state index is 0.0846. The number of benzene rings is 1. The lowest BCUT2D eigenvalue weighted by Gasteiger charge is -2.18. The van der Waals surface area contributed by atoms with Crippen LogP contribution < -0.4 is 14.8 Å². The Kier molecular flexibility index (Phi) is 5.27. The van der Waals surface area contributed by atoms with Crippen molar-refractivity contribution in [1.82, 2.24) is 4.98 Å². The van der Waals surface area contributed by atoms with Crippen molar-refractivity contribution in [3.05, 3.63) is 35.7 Å². The molecule has 0 amide bonds. The smallest absolute Gasteiger partial charge is 0.240 e. The van der Waals surface area contributed by atoms with E-state index < -0.39 is 9.84 Å². The molecule has 2 aromatic heterocycles. The third-order valence-electron chi connectivity index (χ3n) is 4.22. The third-order valence-corrected chi connectivity index (χ3v) is 6.74. The molecule has 0 atom stereocenters. The maximum atomic E-state index is 13.3. The van der Waals surface area contributed by atoms with Gasteiger partial charge >= 0.3 is 0 Å². The number of rotatable bonds is 7. The van der Waals surface area contributed by atoms with E-state index in [-0.39, 0.29) is 21.7 Å². The Hall–Kier alpha value is -2.52. The van der Waals surface area contributed by atoms with Crippen molar-refractivity contribution >= 4 is 27.1 Å². The lowest BCUT2D eigenvalue weighted by Crippen LogP contribution is -2.16. The summed E-state index contributed by atoms with van der Waals surface area (Å²) in [6, 6.07) is 8.28. The fraction of sp³-hybridized carbons (Fsp3) is 0.316. The average Bonchev–Trinajstić information content (AvgIpc) is 3.38. The normalized spacial score (nSPS) is 13.5.